The Morgan fingerprint density at radius 1 is 0.560 bits per heavy atom. The molecule has 0 spiro atoms. The number of benzene rings is 4. The molecule has 25 heavy (non-hydrogen) atoms. The van der Waals surface area contributed by atoms with E-state index in [9.17, 15) is 8.78 Å². The molecule has 0 aromatic heterocycles. The summed E-state index contributed by atoms with van der Waals surface area (Å²) in [6.45, 7) is 0. The molecule has 0 atom stereocenters. The van der Waals surface area contributed by atoms with Gasteiger partial charge in [-0.3, -0.25) is 0 Å². The zero-order valence-electron chi connectivity index (χ0n) is 13.1. The van der Waals surface area contributed by atoms with Gasteiger partial charge in [0.15, 0.2) is 0 Å². The van der Waals surface area contributed by atoms with Crippen LogP contribution < -0.4 is 0 Å². The standard InChI is InChI=1S/C22H13BrF2/c23-20-12-19(21(24)13-22(20)25)18-9-8-16-10-15(6-7-17(16)11-18)14-4-2-1-3-5-14/h1-13H. The second kappa shape index (κ2) is 6.41. The van der Waals surface area contributed by atoms with E-state index in [4.69, 9.17) is 0 Å². The van der Waals surface area contributed by atoms with Gasteiger partial charge in [-0.05, 0) is 61.6 Å². The van der Waals surface area contributed by atoms with Crippen LogP contribution in [0.5, 0.6) is 0 Å². The second-order valence-electron chi connectivity index (χ2n) is 5.89. The van der Waals surface area contributed by atoms with Gasteiger partial charge >= 0.3 is 0 Å². The summed E-state index contributed by atoms with van der Waals surface area (Å²) in [6.07, 6.45) is 0. The Bertz CT molecular complexity index is 1070. The second-order valence-corrected chi connectivity index (χ2v) is 6.74. The van der Waals surface area contributed by atoms with Crippen molar-refractivity contribution in [3.63, 3.8) is 0 Å². The topological polar surface area (TPSA) is 0 Å². The smallest absolute Gasteiger partial charge is 0.140 e. The summed E-state index contributed by atoms with van der Waals surface area (Å²) in [5, 5.41) is 2.09. The molecule has 0 fully saturated rings. The normalized spacial score (nSPS) is 11.0. The van der Waals surface area contributed by atoms with Gasteiger partial charge in [-0.25, -0.2) is 8.78 Å². The Morgan fingerprint density at radius 3 is 1.92 bits per heavy atom. The molecule has 0 aliphatic carbocycles. The van der Waals surface area contributed by atoms with Crippen molar-refractivity contribution in [1.29, 1.82) is 0 Å². The van der Waals surface area contributed by atoms with Crippen LogP contribution in [-0.2, 0) is 0 Å². The van der Waals surface area contributed by atoms with E-state index in [1.165, 1.54) is 6.07 Å². The molecule has 0 amide bonds. The lowest BCUT2D eigenvalue weighted by Gasteiger charge is -2.09. The number of hydrogen-bond donors (Lipinski definition) is 0. The van der Waals surface area contributed by atoms with E-state index in [1.807, 2.05) is 42.5 Å². The number of rotatable bonds is 2. The van der Waals surface area contributed by atoms with Gasteiger partial charge < -0.3 is 0 Å². The molecular weight excluding hydrogens is 382 g/mol. The highest BCUT2D eigenvalue weighted by atomic mass is 79.9. The summed E-state index contributed by atoms with van der Waals surface area (Å²) in [6, 6.07) is 24.5. The minimum atomic E-state index is -0.602. The van der Waals surface area contributed by atoms with Gasteiger partial charge in [0.1, 0.15) is 11.6 Å². The largest absolute Gasteiger partial charge is 0.206 e. The van der Waals surface area contributed by atoms with Crippen molar-refractivity contribution in [3.05, 3.63) is 95.0 Å². The maximum atomic E-state index is 14.1. The van der Waals surface area contributed by atoms with Crippen molar-refractivity contribution < 1.29 is 8.78 Å². The van der Waals surface area contributed by atoms with Crippen LogP contribution in [0.3, 0.4) is 0 Å². The molecule has 0 N–H and O–H groups in total. The van der Waals surface area contributed by atoms with E-state index in [2.05, 4.69) is 40.2 Å². The Kier molecular flexibility index (Phi) is 4.10. The molecule has 0 saturated heterocycles. The SMILES string of the molecule is Fc1cc(F)c(-c2ccc3cc(-c4ccccc4)ccc3c2)cc1Br. The molecule has 0 aliphatic rings. The first kappa shape index (κ1) is 16.0. The zero-order valence-corrected chi connectivity index (χ0v) is 14.7. The molecule has 0 heterocycles. The number of fused-ring (bicyclic) bond motifs is 1. The van der Waals surface area contributed by atoms with Crippen LogP contribution in [0.15, 0.2) is 83.3 Å². The van der Waals surface area contributed by atoms with Gasteiger partial charge in [0.25, 0.3) is 0 Å². The fourth-order valence-corrected chi connectivity index (χ4v) is 3.31. The summed E-state index contributed by atoms with van der Waals surface area (Å²) in [5.41, 5.74) is 3.39. The summed E-state index contributed by atoms with van der Waals surface area (Å²) in [4.78, 5) is 0. The van der Waals surface area contributed by atoms with Gasteiger partial charge in [-0.15, -0.1) is 0 Å². The molecule has 4 aromatic rings. The van der Waals surface area contributed by atoms with E-state index in [0.29, 0.717) is 5.56 Å². The summed E-state index contributed by atoms with van der Waals surface area (Å²) >= 11 is 3.12. The molecule has 0 bridgehead atoms. The van der Waals surface area contributed by atoms with Gasteiger partial charge in [-0.1, -0.05) is 54.6 Å². The predicted molar refractivity (Wildman–Crippen MR) is 102 cm³/mol. The van der Waals surface area contributed by atoms with Crippen molar-refractivity contribution >= 4 is 26.7 Å². The number of hydrogen-bond acceptors (Lipinski definition) is 0. The van der Waals surface area contributed by atoms with Crippen LogP contribution in [0.2, 0.25) is 0 Å². The van der Waals surface area contributed by atoms with Gasteiger partial charge in [-0.2, -0.15) is 0 Å². The maximum absolute atomic E-state index is 14.1. The lowest BCUT2D eigenvalue weighted by atomic mass is 9.97. The zero-order chi connectivity index (χ0) is 17.4. The van der Waals surface area contributed by atoms with Crippen LogP contribution >= 0.6 is 15.9 Å². The van der Waals surface area contributed by atoms with Crippen LogP contribution in [-0.4, -0.2) is 0 Å². The molecule has 122 valence electrons. The van der Waals surface area contributed by atoms with Crippen molar-refractivity contribution in [2.45, 2.75) is 0 Å². The first-order valence-electron chi connectivity index (χ1n) is 7.86. The first-order valence-corrected chi connectivity index (χ1v) is 8.65. The van der Waals surface area contributed by atoms with Crippen molar-refractivity contribution in [2.75, 3.05) is 0 Å². The third-order valence-electron chi connectivity index (χ3n) is 4.27. The molecule has 0 saturated carbocycles. The number of halogens is 3. The quantitative estimate of drug-likeness (QED) is 0.315. The molecular formula is C22H13BrF2. The molecule has 0 aliphatic heterocycles. The van der Waals surface area contributed by atoms with Crippen LogP contribution in [0, 0.1) is 11.6 Å². The first-order chi connectivity index (χ1) is 12.1. The van der Waals surface area contributed by atoms with E-state index in [0.717, 1.165) is 33.5 Å². The third-order valence-corrected chi connectivity index (χ3v) is 4.88. The van der Waals surface area contributed by atoms with Gasteiger partial charge in [0.05, 0.1) is 4.47 Å². The van der Waals surface area contributed by atoms with Crippen molar-refractivity contribution in [3.8, 4) is 22.3 Å². The molecule has 0 unspecified atom stereocenters. The average Bonchev–Trinajstić information content (AvgIpc) is 2.64. The maximum Gasteiger partial charge on any atom is 0.140 e. The summed E-state index contributed by atoms with van der Waals surface area (Å²) in [7, 11) is 0. The fraction of sp³-hybridized carbons (Fsp3) is 0. The lowest BCUT2D eigenvalue weighted by molar-refractivity contribution is 0.581. The fourth-order valence-electron chi connectivity index (χ4n) is 2.97. The van der Waals surface area contributed by atoms with Crippen molar-refractivity contribution in [2.24, 2.45) is 0 Å². The Labute approximate surface area is 152 Å². The van der Waals surface area contributed by atoms with E-state index >= 15 is 0 Å². The van der Waals surface area contributed by atoms with Crippen LogP contribution in [0.4, 0.5) is 8.78 Å². The van der Waals surface area contributed by atoms with Gasteiger partial charge in [0.2, 0.25) is 0 Å². The molecule has 0 nitrogen and oxygen atoms in total. The minimum Gasteiger partial charge on any atom is -0.206 e. The third kappa shape index (κ3) is 3.08. The van der Waals surface area contributed by atoms with E-state index in [-0.39, 0.29) is 4.47 Å². The highest BCUT2D eigenvalue weighted by molar-refractivity contribution is 9.10. The Morgan fingerprint density at radius 2 is 1.20 bits per heavy atom. The van der Waals surface area contributed by atoms with Crippen LogP contribution in [0.1, 0.15) is 0 Å². The summed E-state index contributed by atoms with van der Waals surface area (Å²) < 4.78 is 27.8. The van der Waals surface area contributed by atoms with Crippen LogP contribution in [0.25, 0.3) is 33.0 Å². The Balaban J connectivity index is 1.81. The monoisotopic (exact) mass is 394 g/mol. The van der Waals surface area contributed by atoms with E-state index < -0.39 is 11.6 Å². The minimum absolute atomic E-state index is 0.253. The summed E-state index contributed by atoms with van der Waals surface area (Å²) in [5.74, 6) is -1.17. The molecule has 4 rings (SSSR count). The highest BCUT2D eigenvalue weighted by Crippen LogP contribution is 2.32. The predicted octanol–water partition coefficient (Wildman–Crippen LogP) is 7.21. The molecule has 3 heteroatoms. The lowest BCUT2D eigenvalue weighted by Crippen LogP contribution is -1.88. The van der Waals surface area contributed by atoms with Gasteiger partial charge in [0, 0.05) is 11.6 Å². The molecule has 0 radical (unpaired) electrons. The molecule has 4 aromatic carbocycles. The Hall–Kier alpha value is -2.52. The average molecular weight is 395 g/mol. The van der Waals surface area contributed by atoms with Crippen molar-refractivity contribution in [1.82, 2.24) is 0 Å². The highest BCUT2D eigenvalue weighted by Gasteiger charge is 2.11. The van der Waals surface area contributed by atoms with E-state index in [1.54, 1.807) is 0 Å².